The molecule has 36 heavy (non-hydrogen) atoms. The molecule has 0 aliphatic carbocycles. The van der Waals surface area contributed by atoms with Crippen LogP contribution in [0.25, 0.3) is 21.9 Å². The van der Waals surface area contributed by atoms with Crippen LogP contribution in [-0.4, -0.2) is 10.4 Å². The van der Waals surface area contributed by atoms with Crippen molar-refractivity contribution >= 4 is 43.7 Å². The first-order valence-corrected chi connectivity index (χ1v) is 12.3. The first-order chi connectivity index (χ1) is 17.2. The standard InChI is InChI=1S/C30H22BrN2O2.BrH/c31-24-13-10-21(11-14-24)27(34)19-32-16-17-33(20-32)30(22-6-2-1-3-7-22)23-12-15-29-26(18-23)25-8-4-5-9-28(25)35-29;/h1-18,20,30H,19H2;1H/q+1;/p-1. The summed E-state index contributed by atoms with van der Waals surface area (Å²) in [6.07, 6.45) is 5.99. The van der Waals surface area contributed by atoms with E-state index in [-0.39, 0.29) is 35.4 Å². The molecule has 6 rings (SSSR count). The van der Waals surface area contributed by atoms with Gasteiger partial charge in [0.2, 0.25) is 12.1 Å². The number of benzene rings is 4. The molecule has 0 radical (unpaired) electrons. The van der Waals surface area contributed by atoms with Gasteiger partial charge in [0.1, 0.15) is 23.6 Å². The van der Waals surface area contributed by atoms with E-state index in [1.54, 1.807) is 0 Å². The number of hydrogen-bond donors (Lipinski definition) is 0. The fraction of sp³-hybridized carbons (Fsp3) is 0.0667. The summed E-state index contributed by atoms with van der Waals surface area (Å²) in [6, 6.07) is 32.4. The Hall–Kier alpha value is -3.48. The lowest BCUT2D eigenvalue weighted by molar-refractivity contribution is -0.682. The van der Waals surface area contributed by atoms with Gasteiger partial charge in [-0.05, 0) is 30.3 Å². The minimum atomic E-state index is -0.0432. The van der Waals surface area contributed by atoms with Gasteiger partial charge in [0.25, 0.3) is 0 Å². The molecule has 0 aliphatic heterocycles. The van der Waals surface area contributed by atoms with Gasteiger partial charge in [0, 0.05) is 31.9 Å². The highest BCUT2D eigenvalue weighted by Gasteiger charge is 2.23. The maximum atomic E-state index is 12.8. The van der Waals surface area contributed by atoms with Gasteiger partial charge in [-0.1, -0.05) is 82.7 Å². The van der Waals surface area contributed by atoms with Crippen molar-refractivity contribution in [3.63, 3.8) is 0 Å². The molecule has 0 amide bonds. The number of halogens is 2. The Bertz CT molecular complexity index is 1650. The van der Waals surface area contributed by atoms with E-state index in [0.717, 1.165) is 32.0 Å². The molecular formula is C30H22Br2N2O2. The van der Waals surface area contributed by atoms with Crippen molar-refractivity contribution in [3.05, 3.63) is 137 Å². The second-order valence-electron chi connectivity index (χ2n) is 8.63. The molecule has 6 aromatic rings. The largest absolute Gasteiger partial charge is 1.00 e. The maximum absolute atomic E-state index is 12.8. The van der Waals surface area contributed by atoms with Crippen molar-refractivity contribution in [2.75, 3.05) is 0 Å². The van der Waals surface area contributed by atoms with Gasteiger partial charge < -0.3 is 21.4 Å². The van der Waals surface area contributed by atoms with E-state index in [9.17, 15) is 4.79 Å². The summed E-state index contributed by atoms with van der Waals surface area (Å²) < 4.78 is 11.1. The van der Waals surface area contributed by atoms with Crippen molar-refractivity contribution in [2.24, 2.45) is 0 Å². The van der Waals surface area contributed by atoms with E-state index in [1.165, 1.54) is 5.56 Å². The number of furan rings is 1. The number of aromatic nitrogens is 2. The summed E-state index contributed by atoms with van der Waals surface area (Å²) >= 11 is 3.42. The lowest BCUT2D eigenvalue weighted by atomic mass is 9.97. The molecule has 0 spiro atoms. The van der Waals surface area contributed by atoms with Gasteiger partial charge in [-0.3, -0.25) is 4.79 Å². The van der Waals surface area contributed by atoms with Crippen molar-refractivity contribution < 1.29 is 30.8 Å². The Morgan fingerprint density at radius 1 is 0.833 bits per heavy atom. The van der Waals surface area contributed by atoms with Gasteiger partial charge in [0.15, 0.2) is 12.6 Å². The molecule has 4 nitrogen and oxygen atoms in total. The fourth-order valence-electron chi connectivity index (χ4n) is 4.64. The summed E-state index contributed by atoms with van der Waals surface area (Å²) in [5.41, 5.74) is 4.79. The number of Topliss-reactive ketones (excluding diaryl/α,β-unsaturated/α-hetero) is 1. The molecule has 0 N–H and O–H groups in total. The van der Waals surface area contributed by atoms with Crippen molar-refractivity contribution in [1.82, 2.24) is 4.57 Å². The summed E-state index contributed by atoms with van der Waals surface area (Å²) in [5.74, 6) is 0.0720. The van der Waals surface area contributed by atoms with Crippen LogP contribution in [0.4, 0.5) is 0 Å². The normalized spacial score (nSPS) is 11.9. The quantitative estimate of drug-likeness (QED) is 0.214. The topological polar surface area (TPSA) is 39.0 Å². The molecule has 4 aromatic carbocycles. The first-order valence-electron chi connectivity index (χ1n) is 11.5. The van der Waals surface area contributed by atoms with Crippen LogP contribution in [0, 0.1) is 0 Å². The number of nitrogens with zero attached hydrogens (tertiary/aromatic N) is 2. The minimum absolute atomic E-state index is 0. The Kier molecular flexibility index (Phi) is 6.90. The summed E-state index contributed by atoms with van der Waals surface area (Å²) in [5, 5.41) is 2.21. The number of fused-ring (bicyclic) bond motifs is 3. The van der Waals surface area contributed by atoms with E-state index in [1.807, 2.05) is 71.8 Å². The third kappa shape index (κ3) is 4.66. The van der Waals surface area contributed by atoms with Gasteiger partial charge in [-0.15, -0.1) is 0 Å². The van der Waals surface area contributed by atoms with E-state index < -0.39 is 0 Å². The molecule has 1 atom stereocenters. The molecule has 178 valence electrons. The average Bonchev–Trinajstić information content (AvgIpc) is 3.49. The van der Waals surface area contributed by atoms with E-state index in [0.29, 0.717) is 5.56 Å². The maximum Gasteiger partial charge on any atom is 0.244 e. The van der Waals surface area contributed by atoms with Crippen LogP contribution in [0.1, 0.15) is 27.5 Å². The van der Waals surface area contributed by atoms with Gasteiger partial charge >= 0.3 is 0 Å². The first kappa shape index (κ1) is 24.2. The monoisotopic (exact) mass is 600 g/mol. The average molecular weight is 602 g/mol. The van der Waals surface area contributed by atoms with Gasteiger partial charge in [0.05, 0.1) is 0 Å². The van der Waals surface area contributed by atoms with Crippen LogP contribution < -0.4 is 21.5 Å². The molecule has 2 heterocycles. The third-order valence-corrected chi connectivity index (χ3v) is 6.86. The van der Waals surface area contributed by atoms with Crippen LogP contribution in [0.15, 0.2) is 125 Å². The van der Waals surface area contributed by atoms with E-state index in [4.69, 9.17) is 4.42 Å². The molecular weight excluding hydrogens is 580 g/mol. The Morgan fingerprint density at radius 3 is 2.36 bits per heavy atom. The van der Waals surface area contributed by atoms with Crippen molar-refractivity contribution in [1.29, 1.82) is 0 Å². The predicted molar refractivity (Wildman–Crippen MR) is 141 cm³/mol. The number of ketones is 1. The highest BCUT2D eigenvalue weighted by atomic mass is 79.9. The number of hydrogen-bond acceptors (Lipinski definition) is 2. The highest BCUT2D eigenvalue weighted by Crippen LogP contribution is 2.33. The summed E-state index contributed by atoms with van der Waals surface area (Å²) in [4.78, 5) is 12.8. The minimum Gasteiger partial charge on any atom is -1.00 e. The van der Waals surface area contributed by atoms with Crippen LogP contribution in [0.2, 0.25) is 0 Å². The van der Waals surface area contributed by atoms with E-state index in [2.05, 4.69) is 69.0 Å². The fourth-order valence-corrected chi connectivity index (χ4v) is 4.90. The SMILES string of the molecule is O=C(C[n+]1ccn(C(c2ccccc2)c2ccc3oc4ccccc4c3c2)c1)c1ccc(Br)cc1.[Br-]. The van der Waals surface area contributed by atoms with E-state index >= 15 is 0 Å². The second-order valence-corrected chi connectivity index (χ2v) is 9.55. The molecule has 0 bridgehead atoms. The second kappa shape index (κ2) is 10.2. The third-order valence-electron chi connectivity index (χ3n) is 6.33. The number of carbonyl (C=O) groups is 1. The summed E-state index contributed by atoms with van der Waals surface area (Å²) in [7, 11) is 0. The van der Waals surface area contributed by atoms with Crippen molar-refractivity contribution in [3.8, 4) is 0 Å². The van der Waals surface area contributed by atoms with Crippen molar-refractivity contribution in [2.45, 2.75) is 12.6 Å². The number of rotatable bonds is 6. The number of para-hydroxylation sites is 1. The molecule has 1 unspecified atom stereocenters. The molecule has 2 aromatic heterocycles. The number of carbonyl (C=O) groups excluding carboxylic acids is 1. The lowest BCUT2D eigenvalue weighted by Gasteiger charge is -2.15. The highest BCUT2D eigenvalue weighted by molar-refractivity contribution is 9.10. The Balaban J connectivity index is 0.00000267. The van der Waals surface area contributed by atoms with Crippen LogP contribution in [0.3, 0.4) is 0 Å². The zero-order valence-corrected chi connectivity index (χ0v) is 22.4. The lowest BCUT2D eigenvalue weighted by Crippen LogP contribution is -3.00. The van der Waals surface area contributed by atoms with Gasteiger partial charge in [-0.2, -0.15) is 0 Å². The predicted octanol–water partition coefficient (Wildman–Crippen LogP) is 3.96. The molecule has 0 fully saturated rings. The van der Waals surface area contributed by atoms with Crippen LogP contribution >= 0.6 is 15.9 Å². The Morgan fingerprint density at radius 2 is 1.56 bits per heavy atom. The molecule has 0 saturated carbocycles. The van der Waals surface area contributed by atoms with Gasteiger partial charge in [-0.25, -0.2) is 9.13 Å². The zero-order valence-electron chi connectivity index (χ0n) is 19.2. The Labute approximate surface area is 227 Å². The molecule has 0 saturated heterocycles. The zero-order chi connectivity index (χ0) is 23.8. The van der Waals surface area contributed by atoms with Crippen LogP contribution in [0.5, 0.6) is 0 Å². The van der Waals surface area contributed by atoms with Crippen LogP contribution in [-0.2, 0) is 6.54 Å². The molecule has 0 aliphatic rings. The smallest absolute Gasteiger partial charge is 0.244 e. The number of imidazole rings is 1. The molecule has 6 heteroatoms. The summed E-state index contributed by atoms with van der Waals surface area (Å²) in [6.45, 7) is 0.279.